The first-order valence-electron chi connectivity index (χ1n) is 7.32. The fraction of sp³-hybridized carbons (Fsp3) is 0.786. The summed E-state index contributed by atoms with van der Waals surface area (Å²) in [7, 11) is 5.77. The molecular formula is C14H28ClN5O. The molecule has 1 aromatic heterocycles. The number of methoxy groups -OCH3 is 1. The monoisotopic (exact) mass is 317 g/mol. The Labute approximate surface area is 132 Å². The summed E-state index contributed by atoms with van der Waals surface area (Å²) in [6.45, 7) is 5.80. The number of hydrogen-bond acceptors (Lipinski definition) is 5. The predicted octanol–water partition coefficient (Wildman–Crippen LogP) is 1.81. The number of nitrogens with zero attached hydrogens (tertiary/aromatic N) is 3. The van der Waals surface area contributed by atoms with Crippen molar-refractivity contribution >= 4 is 11.6 Å². The zero-order valence-corrected chi connectivity index (χ0v) is 14.4. The second-order valence-corrected chi connectivity index (χ2v) is 5.89. The Kier molecular flexibility index (Phi) is 7.09. The molecule has 7 heteroatoms. The van der Waals surface area contributed by atoms with Crippen LogP contribution in [0.1, 0.15) is 38.4 Å². The number of aromatic nitrogens is 2. The van der Waals surface area contributed by atoms with Crippen molar-refractivity contribution in [2.45, 2.75) is 44.9 Å². The summed E-state index contributed by atoms with van der Waals surface area (Å²) in [4.78, 5) is 2.10. The van der Waals surface area contributed by atoms with E-state index in [2.05, 4.69) is 29.3 Å². The summed E-state index contributed by atoms with van der Waals surface area (Å²) >= 11 is 6.36. The van der Waals surface area contributed by atoms with Crippen LogP contribution in [-0.2, 0) is 11.3 Å². The molecule has 21 heavy (non-hydrogen) atoms. The van der Waals surface area contributed by atoms with E-state index in [4.69, 9.17) is 22.2 Å². The van der Waals surface area contributed by atoms with Crippen LogP contribution in [0.3, 0.4) is 0 Å². The maximum Gasteiger partial charge on any atom is 0.0933 e. The third-order valence-corrected chi connectivity index (χ3v) is 4.45. The van der Waals surface area contributed by atoms with Crippen LogP contribution in [0.5, 0.6) is 0 Å². The van der Waals surface area contributed by atoms with Crippen molar-refractivity contribution in [1.82, 2.24) is 20.1 Å². The zero-order valence-electron chi connectivity index (χ0n) is 13.7. The van der Waals surface area contributed by atoms with Gasteiger partial charge in [0.25, 0.3) is 0 Å². The van der Waals surface area contributed by atoms with Gasteiger partial charge < -0.3 is 9.64 Å². The van der Waals surface area contributed by atoms with Crippen LogP contribution in [0.25, 0.3) is 0 Å². The molecule has 0 saturated carbocycles. The van der Waals surface area contributed by atoms with Crippen molar-refractivity contribution in [3.05, 3.63) is 16.9 Å². The number of rotatable bonds is 9. The highest BCUT2D eigenvalue weighted by Crippen LogP contribution is 2.37. The van der Waals surface area contributed by atoms with Gasteiger partial charge in [-0.1, -0.05) is 25.4 Å². The van der Waals surface area contributed by atoms with Gasteiger partial charge in [-0.2, -0.15) is 5.10 Å². The number of halogens is 1. The van der Waals surface area contributed by atoms with Crippen LogP contribution in [-0.4, -0.2) is 48.0 Å². The van der Waals surface area contributed by atoms with Crippen LogP contribution in [0.4, 0.5) is 0 Å². The quantitative estimate of drug-likeness (QED) is 0.537. The molecule has 6 nitrogen and oxygen atoms in total. The van der Waals surface area contributed by atoms with Gasteiger partial charge in [-0.3, -0.25) is 10.5 Å². The number of likely N-dealkylation sites (N-methyl/N-ethyl adjacent to an activating group) is 1. The van der Waals surface area contributed by atoms with E-state index >= 15 is 0 Å². The molecule has 0 radical (unpaired) electrons. The molecule has 0 amide bonds. The predicted molar refractivity (Wildman–Crippen MR) is 86.2 cm³/mol. The van der Waals surface area contributed by atoms with Crippen LogP contribution < -0.4 is 11.3 Å². The third-order valence-electron chi connectivity index (χ3n) is 4.16. The maximum atomic E-state index is 6.36. The van der Waals surface area contributed by atoms with E-state index in [1.54, 1.807) is 13.3 Å². The Morgan fingerprint density at radius 2 is 2.10 bits per heavy atom. The average Bonchev–Trinajstić information content (AvgIpc) is 2.84. The lowest BCUT2D eigenvalue weighted by molar-refractivity contribution is -0.0508. The number of ether oxygens (including phenoxy) is 1. The molecule has 1 rings (SSSR count). The molecule has 0 aliphatic heterocycles. The van der Waals surface area contributed by atoms with Crippen molar-refractivity contribution in [2.75, 3.05) is 27.7 Å². The van der Waals surface area contributed by atoms with Gasteiger partial charge in [-0.25, -0.2) is 5.43 Å². The Balaban J connectivity index is 3.18. The van der Waals surface area contributed by atoms with Crippen LogP contribution in [0.15, 0.2) is 6.20 Å². The molecule has 0 aliphatic rings. The molecule has 3 N–H and O–H groups in total. The lowest BCUT2D eigenvalue weighted by Crippen LogP contribution is -2.48. The first kappa shape index (κ1) is 18.4. The minimum Gasteiger partial charge on any atom is -0.376 e. The molecule has 0 fully saturated rings. The molecule has 0 aliphatic carbocycles. The SMILES string of the molecule is CCC(CC)(OC)C(NN)c1c(Cl)cnn1CCN(C)C. The Bertz CT molecular complexity index is 423. The summed E-state index contributed by atoms with van der Waals surface area (Å²) in [5.41, 5.74) is 3.36. The molecule has 1 aromatic rings. The largest absolute Gasteiger partial charge is 0.376 e. The van der Waals surface area contributed by atoms with Crippen LogP contribution in [0.2, 0.25) is 5.02 Å². The molecular weight excluding hydrogens is 290 g/mol. The van der Waals surface area contributed by atoms with Crippen molar-refractivity contribution in [3.63, 3.8) is 0 Å². The second-order valence-electron chi connectivity index (χ2n) is 5.48. The van der Waals surface area contributed by atoms with Crippen LogP contribution in [0, 0.1) is 0 Å². The van der Waals surface area contributed by atoms with E-state index in [1.165, 1.54) is 0 Å². The van der Waals surface area contributed by atoms with E-state index in [0.29, 0.717) is 5.02 Å². The third kappa shape index (κ3) is 3.96. The van der Waals surface area contributed by atoms with Gasteiger partial charge in [-0.15, -0.1) is 0 Å². The zero-order chi connectivity index (χ0) is 16.0. The van der Waals surface area contributed by atoms with Crippen molar-refractivity contribution in [2.24, 2.45) is 5.84 Å². The fourth-order valence-corrected chi connectivity index (χ4v) is 2.93. The highest BCUT2D eigenvalue weighted by molar-refractivity contribution is 6.31. The van der Waals surface area contributed by atoms with Gasteiger partial charge in [0.2, 0.25) is 0 Å². The van der Waals surface area contributed by atoms with Gasteiger partial charge in [-0.05, 0) is 26.9 Å². The van der Waals surface area contributed by atoms with Crippen LogP contribution >= 0.6 is 11.6 Å². The van der Waals surface area contributed by atoms with Gasteiger partial charge in [0.1, 0.15) is 0 Å². The van der Waals surface area contributed by atoms with Gasteiger partial charge in [0.05, 0.1) is 35.1 Å². The lowest BCUT2D eigenvalue weighted by atomic mass is 9.86. The van der Waals surface area contributed by atoms with Crippen molar-refractivity contribution in [3.8, 4) is 0 Å². The van der Waals surface area contributed by atoms with Crippen molar-refractivity contribution in [1.29, 1.82) is 0 Å². The van der Waals surface area contributed by atoms with Crippen molar-refractivity contribution < 1.29 is 4.74 Å². The number of nitrogens with one attached hydrogen (secondary N) is 1. The molecule has 122 valence electrons. The summed E-state index contributed by atoms with van der Waals surface area (Å²) < 4.78 is 7.70. The smallest absolute Gasteiger partial charge is 0.0933 e. The molecule has 1 unspecified atom stereocenters. The standard InChI is InChI=1S/C14H28ClN5O/c1-6-14(7-2,21-5)13(18-16)12-11(15)10-17-20(12)9-8-19(3)4/h10,13,18H,6-9,16H2,1-5H3. The fourth-order valence-electron chi connectivity index (χ4n) is 2.68. The normalized spacial score (nSPS) is 13.9. The van der Waals surface area contributed by atoms with Gasteiger partial charge >= 0.3 is 0 Å². The summed E-state index contributed by atoms with van der Waals surface area (Å²) in [5, 5.41) is 4.99. The summed E-state index contributed by atoms with van der Waals surface area (Å²) in [6, 6.07) is -0.213. The topological polar surface area (TPSA) is 68.3 Å². The van der Waals surface area contributed by atoms with Gasteiger partial charge in [0, 0.05) is 13.7 Å². The minimum atomic E-state index is -0.408. The minimum absolute atomic E-state index is 0.213. The maximum absolute atomic E-state index is 6.36. The number of hydrazine groups is 1. The van der Waals surface area contributed by atoms with E-state index in [1.807, 2.05) is 18.8 Å². The Hall–Kier alpha value is -0.660. The molecule has 0 spiro atoms. The number of hydrogen-bond donors (Lipinski definition) is 2. The molecule has 0 aromatic carbocycles. The van der Waals surface area contributed by atoms with E-state index in [0.717, 1.165) is 31.6 Å². The lowest BCUT2D eigenvalue weighted by Gasteiger charge is -2.38. The van der Waals surface area contributed by atoms with Gasteiger partial charge in [0.15, 0.2) is 0 Å². The summed E-state index contributed by atoms with van der Waals surface area (Å²) in [6.07, 6.45) is 3.32. The molecule has 0 saturated heterocycles. The number of nitrogens with two attached hydrogens (primary N) is 1. The van der Waals surface area contributed by atoms with E-state index < -0.39 is 5.60 Å². The molecule has 1 heterocycles. The summed E-state index contributed by atoms with van der Waals surface area (Å²) in [5.74, 6) is 5.83. The Morgan fingerprint density at radius 3 is 2.52 bits per heavy atom. The molecule has 0 bridgehead atoms. The highest BCUT2D eigenvalue weighted by Gasteiger charge is 2.39. The molecule has 1 atom stereocenters. The first-order valence-corrected chi connectivity index (χ1v) is 7.70. The Morgan fingerprint density at radius 1 is 1.48 bits per heavy atom. The van der Waals surface area contributed by atoms with E-state index in [9.17, 15) is 0 Å². The highest BCUT2D eigenvalue weighted by atomic mass is 35.5. The second kappa shape index (κ2) is 8.10. The average molecular weight is 318 g/mol. The van der Waals surface area contributed by atoms with E-state index in [-0.39, 0.29) is 6.04 Å². The first-order chi connectivity index (χ1) is 9.95.